The fourth-order valence-corrected chi connectivity index (χ4v) is 2.07. The van der Waals surface area contributed by atoms with Gasteiger partial charge in [-0.1, -0.05) is 30.3 Å². The Morgan fingerprint density at radius 3 is 2.61 bits per heavy atom. The molecule has 1 amide bonds. The Kier molecular flexibility index (Phi) is 5.74. The lowest BCUT2D eigenvalue weighted by Crippen LogP contribution is -2.35. The molecule has 120 valence electrons. The zero-order valence-electron chi connectivity index (χ0n) is 13.5. The molecular weight excluding hydrogens is 290 g/mol. The summed E-state index contributed by atoms with van der Waals surface area (Å²) in [7, 11) is 1.60. The first-order valence-electron chi connectivity index (χ1n) is 7.40. The van der Waals surface area contributed by atoms with Crippen LogP contribution in [0.3, 0.4) is 0 Å². The fourth-order valence-electron chi connectivity index (χ4n) is 2.07. The van der Waals surface area contributed by atoms with Crippen molar-refractivity contribution < 1.29 is 9.53 Å². The van der Waals surface area contributed by atoms with E-state index in [0.29, 0.717) is 5.75 Å². The standard InChI is InChI=1S/C18H21N3O2/c1-13-8-4-6-10-16(13)20-14(2)18(22)21-19-12-15-9-5-7-11-17(15)23-3/h4-12,14,20H,1-3H3,(H,21,22). The van der Waals surface area contributed by atoms with Crippen molar-refractivity contribution in [1.29, 1.82) is 0 Å². The number of rotatable bonds is 6. The average molecular weight is 311 g/mol. The zero-order chi connectivity index (χ0) is 16.7. The van der Waals surface area contributed by atoms with E-state index >= 15 is 0 Å². The Morgan fingerprint density at radius 1 is 1.17 bits per heavy atom. The van der Waals surface area contributed by atoms with Gasteiger partial charge in [0.05, 0.1) is 13.3 Å². The molecular formula is C18H21N3O2. The highest BCUT2D eigenvalue weighted by Gasteiger charge is 2.12. The van der Waals surface area contributed by atoms with Gasteiger partial charge in [-0.25, -0.2) is 5.43 Å². The third kappa shape index (κ3) is 4.57. The second-order valence-corrected chi connectivity index (χ2v) is 5.16. The van der Waals surface area contributed by atoms with Crippen LogP contribution in [-0.2, 0) is 4.79 Å². The van der Waals surface area contributed by atoms with E-state index in [4.69, 9.17) is 4.74 Å². The number of nitrogens with zero attached hydrogens (tertiary/aromatic N) is 1. The molecule has 0 aliphatic carbocycles. The second kappa shape index (κ2) is 7.98. The quantitative estimate of drug-likeness (QED) is 0.637. The predicted octanol–water partition coefficient (Wildman–Crippen LogP) is 2.95. The molecule has 0 aliphatic heterocycles. The van der Waals surface area contributed by atoms with Crippen LogP contribution < -0.4 is 15.5 Å². The van der Waals surface area contributed by atoms with E-state index in [1.54, 1.807) is 20.2 Å². The minimum absolute atomic E-state index is 0.209. The van der Waals surface area contributed by atoms with Crippen molar-refractivity contribution >= 4 is 17.8 Å². The van der Waals surface area contributed by atoms with Crippen LogP contribution in [0.5, 0.6) is 5.75 Å². The summed E-state index contributed by atoms with van der Waals surface area (Å²) in [6.45, 7) is 3.78. The SMILES string of the molecule is COc1ccccc1C=NNC(=O)C(C)Nc1ccccc1C. The molecule has 2 aromatic carbocycles. The van der Waals surface area contributed by atoms with E-state index in [9.17, 15) is 4.79 Å². The third-order valence-corrected chi connectivity index (χ3v) is 3.43. The molecule has 23 heavy (non-hydrogen) atoms. The lowest BCUT2D eigenvalue weighted by molar-refractivity contribution is -0.121. The van der Waals surface area contributed by atoms with E-state index in [-0.39, 0.29) is 5.91 Å². The largest absolute Gasteiger partial charge is 0.496 e. The summed E-state index contributed by atoms with van der Waals surface area (Å²) in [5.74, 6) is 0.496. The molecule has 0 radical (unpaired) electrons. The summed E-state index contributed by atoms with van der Waals surface area (Å²) in [5, 5.41) is 7.16. The minimum Gasteiger partial charge on any atom is -0.496 e. The van der Waals surface area contributed by atoms with Crippen molar-refractivity contribution in [3.8, 4) is 5.75 Å². The van der Waals surface area contributed by atoms with E-state index in [2.05, 4.69) is 15.8 Å². The molecule has 2 rings (SSSR count). The Balaban J connectivity index is 1.94. The van der Waals surface area contributed by atoms with E-state index < -0.39 is 6.04 Å². The van der Waals surface area contributed by atoms with Gasteiger partial charge in [0.25, 0.3) is 5.91 Å². The number of ether oxygens (including phenoxy) is 1. The monoisotopic (exact) mass is 311 g/mol. The molecule has 0 aliphatic rings. The zero-order valence-corrected chi connectivity index (χ0v) is 13.5. The third-order valence-electron chi connectivity index (χ3n) is 3.43. The topological polar surface area (TPSA) is 62.7 Å². The summed E-state index contributed by atoms with van der Waals surface area (Å²) >= 11 is 0. The van der Waals surface area contributed by atoms with Crippen LogP contribution in [0.25, 0.3) is 0 Å². The smallest absolute Gasteiger partial charge is 0.262 e. The molecule has 0 aromatic heterocycles. The van der Waals surface area contributed by atoms with Crippen molar-refractivity contribution in [2.75, 3.05) is 12.4 Å². The molecule has 0 saturated heterocycles. The molecule has 1 unspecified atom stereocenters. The summed E-state index contributed by atoms with van der Waals surface area (Å²) in [5.41, 5.74) is 5.36. The number of hydrogen-bond acceptors (Lipinski definition) is 4. The molecule has 5 nitrogen and oxygen atoms in total. The van der Waals surface area contributed by atoms with Crippen molar-refractivity contribution in [1.82, 2.24) is 5.43 Å². The number of anilines is 1. The molecule has 2 aromatic rings. The first kappa shape index (κ1) is 16.5. The number of hydrogen-bond donors (Lipinski definition) is 2. The van der Waals surface area contributed by atoms with Crippen LogP contribution in [0, 0.1) is 6.92 Å². The maximum absolute atomic E-state index is 12.1. The van der Waals surface area contributed by atoms with Gasteiger partial charge in [0, 0.05) is 11.3 Å². The first-order chi connectivity index (χ1) is 11.1. The van der Waals surface area contributed by atoms with Gasteiger partial charge in [0.1, 0.15) is 11.8 Å². The average Bonchev–Trinajstić information content (AvgIpc) is 2.57. The molecule has 0 bridgehead atoms. The molecule has 0 heterocycles. The van der Waals surface area contributed by atoms with E-state index in [0.717, 1.165) is 16.8 Å². The lowest BCUT2D eigenvalue weighted by Gasteiger charge is -2.15. The summed E-state index contributed by atoms with van der Waals surface area (Å²) in [4.78, 5) is 12.1. The van der Waals surface area contributed by atoms with Gasteiger partial charge >= 0.3 is 0 Å². The number of amides is 1. The Labute approximate surface area is 136 Å². The van der Waals surface area contributed by atoms with Crippen molar-refractivity contribution in [3.05, 3.63) is 59.7 Å². The van der Waals surface area contributed by atoms with Crippen LogP contribution in [0.4, 0.5) is 5.69 Å². The predicted molar refractivity (Wildman–Crippen MR) is 93.0 cm³/mol. The number of para-hydroxylation sites is 2. The number of methoxy groups -OCH3 is 1. The lowest BCUT2D eigenvalue weighted by atomic mass is 10.2. The molecule has 0 fully saturated rings. The molecule has 0 spiro atoms. The van der Waals surface area contributed by atoms with Crippen LogP contribution in [-0.4, -0.2) is 25.3 Å². The Bertz CT molecular complexity index is 698. The maximum Gasteiger partial charge on any atom is 0.262 e. The molecule has 5 heteroatoms. The number of aryl methyl sites for hydroxylation is 1. The van der Waals surface area contributed by atoms with Crippen molar-refractivity contribution in [3.63, 3.8) is 0 Å². The minimum atomic E-state index is -0.397. The molecule has 1 atom stereocenters. The van der Waals surface area contributed by atoms with Gasteiger partial charge in [0.15, 0.2) is 0 Å². The van der Waals surface area contributed by atoms with Crippen LogP contribution >= 0.6 is 0 Å². The first-order valence-corrected chi connectivity index (χ1v) is 7.40. The fraction of sp³-hybridized carbons (Fsp3) is 0.222. The highest BCUT2D eigenvalue weighted by Crippen LogP contribution is 2.15. The number of carbonyl (C=O) groups is 1. The summed E-state index contributed by atoms with van der Waals surface area (Å²) < 4.78 is 5.23. The number of carbonyl (C=O) groups excluding carboxylic acids is 1. The molecule has 2 N–H and O–H groups in total. The van der Waals surface area contributed by atoms with E-state index in [1.165, 1.54) is 0 Å². The Hall–Kier alpha value is -2.82. The Morgan fingerprint density at radius 2 is 1.87 bits per heavy atom. The summed E-state index contributed by atoms with van der Waals surface area (Å²) in [6.07, 6.45) is 1.57. The van der Waals surface area contributed by atoms with Gasteiger partial charge in [-0.2, -0.15) is 5.10 Å². The van der Waals surface area contributed by atoms with Crippen LogP contribution in [0.2, 0.25) is 0 Å². The van der Waals surface area contributed by atoms with Gasteiger partial charge in [0.2, 0.25) is 0 Å². The van der Waals surface area contributed by atoms with Gasteiger partial charge < -0.3 is 10.1 Å². The molecule has 0 saturated carbocycles. The van der Waals surface area contributed by atoms with Gasteiger partial charge in [-0.3, -0.25) is 4.79 Å². The number of hydrazone groups is 1. The highest BCUT2D eigenvalue weighted by atomic mass is 16.5. The number of benzene rings is 2. The normalized spacial score (nSPS) is 12.0. The highest BCUT2D eigenvalue weighted by molar-refractivity contribution is 5.87. The van der Waals surface area contributed by atoms with E-state index in [1.807, 2.05) is 55.5 Å². The second-order valence-electron chi connectivity index (χ2n) is 5.16. The van der Waals surface area contributed by atoms with Crippen LogP contribution in [0.15, 0.2) is 53.6 Å². The number of nitrogens with one attached hydrogen (secondary N) is 2. The van der Waals surface area contributed by atoms with Gasteiger partial charge in [-0.05, 0) is 37.6 Å². The van der Waals surface area contributed by atoms with Crippen molar-refractivity contribution in [2.24, 2.45) is 5.10 Å². The maximum atomic E-state index is 12.1. The summed E-state index contributed by atoms with van der Waals surface area (Å²) in [6, 6.07) is 14.9. The van der Waals surface area contributed by atoms with Gasteiger partial charge in [-0.15, -0.1) is 0 Å². The van der Waals surface area contributed by atoms with Crippen LogP contribution in [0.1, 0.15) is 18.1 Å². The van der Waals surface area contributed by atoms with Crippen molar-refractivity contribution in [2.45, 2.75) is 19.9 Å².